The number of ether oxygens (including phenoxy) is 1. The molecule has 1 rings (SSSR count). The number of hydrogen-bond donors (Lipinski definition) is 1. The van der Waals surface area contributed by atoms with E-state index in [1.807, 2.05) is 6.07 Å². The molecule has 3 nitrogen and oxygen atoms in total. The summed E-state index contributed by atoms with van der Waals surface area (Å²) in [6.07, 6.45) is 3.29. The molecule has 4 heteroatoms. The van der Waals surface area contributed by atoms with E-state index in [4.69, 9.17) is 9.84 Å². The molecule has 1 aromatic carbocycles. The fourth-order valence-corrected chi connectivity index (χ4v) is 1.54. The summed E-state index contributed by atoms with van der Waals surface area (Å²) in [6.45, 7) is 4.56. The Morgan fingerprint density at radius 3 is 2.71 bits per heavy atom. The molecular formula is C13H20MgO3. The van der Waals surface area contributed by atoms with Gasteiger partial charge in [-0.3, -0.25) is 0 Å². The van der Waals surface area contributed by atoms with Crippen molar-refractivity contribution in [2.24, 2.45) is 0 Å². The van der Waals surface area contributed by atoms with Crippen molar-refractivity contribution in [1.82, 2.24) is 0 Å². The van der Waals surface area contributed by atoms with Crippen LogP contribution < -0.4 is 4.74 Å². The van der Waals surface area contributed by atoms with E-state index in [1.54, 1.807) is 19.1 Å². The van der Waals surface area contributed by atoms with Crippen LogP contribution in [0.5, 0.6) is 5.75 Å². The Morgan fingerprint density at radius 2 is 2.12 bits per heavy atom. The van der Waals surface area contributed by atoms with Crippen LogP contribution in [0.2, 0.25) is 0 Å². The first-order valence-corrected chi connectivity index (χ1v) is 5.62. The second-order valence-electron chi connectivity index (χ2n) is 3.79. The summed E-state index contributed by atoms with van der Waals surface area (Å²) in [7, 11) is 0. The van der Waals surface area contributed by atoms with Gasteiger partial charge in [0, 0.05) is 5.56 Å². The van der Waals surface area contributed by atoms with Crippen molar-refractivity contribution in [2.45, 2.75) is 33.1 Å². The Morgan fingerprint density at radius 1 is 1.41 bits per heavy atom. The molecule has 17 heavy (non-hydrogen) atoms. The van der Waals surface area contributed by atoms with Gasteiger partial charge < -0.3 is 12.7 Å². The summed E-state index contributed by atoms with van der Waals surface area (Å²) in [5, 5.41) is 8.94. The van der Waals surface area contributed by atoms with E-state index in [1.165, 1.54) is 0 Å². The van der Waals surface area contributed by atoms with E-state index in [-0.39, 0.29) is 25.9 Å². The van der Waals surface area contributed by atoms with E-state index in [0.29, 0.717) is 23.5 Å². The standard InChI is InChI=1S/C13H18O3.Mg.2H/c1-3-4-5-9-16-12-8-6-7-11(10(12)2)13(14)15;;;/h6-8H,3-5,9H2,1-2H3,(H,14,15);;;/q;+2;2*-1. The number of carboxylic acid groups (broad SMARTS) is 1. The van der Waals surface area contributed by atoms with Crippen molar-refractivity contribution in [1.29, 1.82) is 0 Å². The van der Waals surface area contributed by atoms with Crippen LogP contribution in [0.3, 0.4) is 0 Å². The third kappa shape index (κ3) is 4.96. The Bertz CT molecular complexity index is 373. The molecule has 0 atom stereocenters. The van der Waals surface area contributed by atoms with Gasteiger partial charge in [-0.1, -0.05) is 25.8 Å². The van der Waals surface area contributed by atoms with Gasteiger partial charge in [0.2, 0.25) is 0 Å². The first-order valence-electron chi connectivity index (χ1n) is 5.62. The van der Waals surface area contributed by atoms with E-state index < -0.39 is 5.97 Å². The summed E-state index contributed by atoms with van der Waals surface area (Å²) in [4.78, 5) is 10.9. The fraction of sp³-hybridized carbons (Fsp3) is 0.462. The van der Waals surface area contributed by atoms with Gasteiger partial charge >= 0.3 is 29.0 Å². The van der Waals surface area contributed by atoms with Crippen LogP contribution in [0.25, 0.3) is 0 Å². The quantitative estimate of drug-likeness (QED) is 0.621. The molecule has 1 aromatic rings. The number of benzene rings is 1. The largest absolute Gasteiger partial charge is 2.00 e. The average molecular weight is 249 g/mol. The Labute approximate surface area is 121 Å². The zero-order valence-corrected chi connectivity index (χ0v) is 11.9. The van der Waals surface area contributed by atoms with Crippen LogP contribution >= 0.6 is 0 Å². The Kier molecular flexibility index (Phi) is 8.00. The molecule has 0 aliphatic heterocycles. The molecule has 0 spiro atoms. The molecule has 0 unspecified atom stereocenters. The first-order chi connectivity index (χ1) is 7.66. The first kappa shape index (κ1) is 16.3. The summed E-state index contributed by atoms with van der Waals surface area (Å²) in [5.74, 6) is -0.229. The molecule has 0 heterocycles. The minimum atomic E-state index is -0.906. The molecule has 0 amide bonds. The van der Waals surface area contributed by atoms with Gasteiger partial charge in [-0.05, 0) is 25.5 Å². The number of carbonyl (C=O) groups is 1. The van der Waals surface area contributed by atoms with Crippen molar-refractivity contribution in [2.75, 3.05) is 6.61 Å². The monoisotopic (exact) mass is 248 g/mol. The molecule has 0 aliphatic carbocycles. The normalized spacial score (nSPS) is 9.53. The second-order valence-corrected chi connectivity index (χ2v) is 3.79. The Hall–Kier alpha value is -0.744. The molecular weight excluding hydrogens is 228 g/mol. The smallest absolute Gasteiger partial charge is 1.00 e. The van der Waals surface area contributed by atoms with Gasteiger partial charge in [-0.2, -0.15) is 0 Å². The van der Waals surface area contributed by atoms with Crippen LogP contribution in [0.15, 0.2) is 18.2 Å². The Balaban J connectivity index is -0.000000853. The molecule has 0 saturated carbocycles. The summed E-state index contributed by atoms with van der Waals surface area (Å²) >= 11 is 0. The molecule has 0 radical (unpaired) electrons. The molecule has 0 aliphatic rings. The second kappa shape index (κ2) is 8.36. The summed E-state index contributed by atoms with van der Waals surface area (Å²) < 4.78 is 5.57. The van der Waals surface area contributed by atoms with Gasteiger partial charge in [0.1, 0.15) is 5.75 Å². The maximum absolute atomic E-state index is 10.9. The molecule has 92 valence electrons. The third-order valence-electron chi connectivity index (χ3n) is 2.52. The van der Waals surface area contributed by atoms with Crippen molar-refractivity contribution < 1.29 is 17.5 Å². The van der Waals surface area contributed by atoms with Crippen LogP contribution in [-0.4, -0.2) is 40.7 Å². The minimum Gasteiger partial charge on any atom is -1.00 e. The van der Waals surface area contributed by atoms with E-state index in [0.717, 1.165) is 19.3 Å². The number of aromatic carboxylic acids is 1. The van der Waals surface area contributed by atoms with Crippen LogP contribution in [0.4, 0.5) is 0 Å². The SMILES string of the molecule is CCCCCOc1cccc(C(=O)O)c1C.[H-].[H-].[Mg+2]. The fourth-order valence-electron chi connectivity index (χ4n) is 1.54. The predicted molar refractivity (Wildman–Crippen MR) is 71.1 cm³/mol. The number of carboxylic acids is 1. The molecule has 0 aromatic heterocycles. The van der Waals surface area contributed by atoms with E-state index >= 15 is 0 Å². The van der Waals surface area contributed by atoms with Gasteiger partial charge in [-0.25, -0.2) is 4.79 Å². The van der Waals surface area contributed by atoms with Crippen molar-refractivity contribution >= 4 is 29.0 Å². The van der Waals surface area contributed by atoms with Crippen molar-refractivity contribution in [3.05, 3.63) is 29.3 Å². The molecule has 1 N–H and O–H groups in total. The summed E-state index contributed by atoms with van der Waals surface area (Å²) in [6, 6.07) is 5.12. The number of rotatable bonds is 6. The average Bonchev–Trinajstić information content (AvgIpc) is 2.26. The van der Waals surface area contributed by atoms with Gasteiger partial charge in [0.05, 0.1) is 12.2 Å². The van der Waals surface area contributed by atoms with Crippen molar-refractivity contribution in [3.63, 3.8) is 0 Å². The van der Waals surface area contributed by atoms with E-state index in [2.05, 4.69) is 6.92 Å². The van der Waals surface area contributed by atoms with Crippen LogP contribution in [0.1, 0.15) is 45.0 Å². The molecule has 0 saturated heterocycles. The maximum atomic E-state index is 10.9. The zero-order valence-electron chi connectivity index (χ0n) is 12.5. The minimum absolute atomic E-state index is 0. The number of hydrogen-bond acceptors (Lipinski definition) is 2. The topological polar surface area (TPSA) is 46.5 Å². The van der Waals surface area contributed by atoms with Gasteiger partial charge in [0.25, 0.3) is 0 Å². The van der Waals surface area contributed by atoms with Crippen LogP contribution in [0, 0.1) is 6.92 Å². The zero-order chi connectivity index (χ0) is 12.0. The van der Waals surface area contributed by atoms with Crippen molar-refractivity contribution in [3.8, 4) is 5.75 Å². The van der Waals surface area contributed by atoms with Crippen LogP contribution in [-0.2, 0) is 0 Å². The van der Waals surface area contributed by atoms with Gasteiger partial charge in [0.15, 0.2) is 0 Å². The predicted octanol–water partition coefficient (Wildman–Crippen LogP) is 3.11. The maximum Gasteiger partial charge on any atom is 2.00 e. The third-order valence-corrected chi connectivity index (χ3v) is 2.52. The van der Waals surface area contributed by atoms with Gasteiger partial charge in [-0.15, -0.1) is 0 Å². The molecule has 0 fully saturated rings. The molecule has 0 bridgehead atoms. The summed E-state index contributed by atoms with van der Waals surface area (Å²) in [5.41, 5.74) is 1.01. The number of unbranched alkanes of at least 4 members (excludes halogenated alkanes) is 2. The van der Waals surface area contributed by atoms with E-state index in [9.17, 15) is 4.79 Å².